The summed E-state index contributed by atoms with van der Waals surface area (Å²) in [7, 11) is 0. The lowest BCUT2D eigenvalue weighted by Gasteiger charge is -2.35. The molecule has 132 valence electrons. The van der Waals surface area contributed by atoms with Gasteiger partial charge in [0.2, 0.25) is 11.8 Å². The number of carbonyl (C=O) groups is 2. The van der Waals surface area contributed by atoms with Crippen molar-refractivity contribution in [2.24, 2.45) is 0 Å². The van der Waals surface area contributed by atoms with Gasteiger partial charge in [-0.05, 0) is 27.2 Å². The van der Waals surface area contributed by atoms with Crippen molar-refractivity contribution >= 4 is 11.8 Å². The van der Waals surface area contributed by atoms with Crippen LogP contribution in [0.2, 0.25) is 0 Å². The number of hydrogen-bond donors (Lipinski definition) is 3. The number of hydrogen-bond acceptors (Lipinski definition) is 5. The van der Waals surface area contributed by atoms with Crippen LogP contribution in [0.5, 0.6) is 0 Å². The standard InChI is InChI=1S/C16H25N5O3/c1-4-20-7-11(9(2)19-20)6-17-12-5-13-15(23)18-14(10(3)22)16(24)21(13)8-12/h7,10,12-14,17,22H,4-6,8H2,1-3H3,(H,18,23)/t10-,12+,13+,14+/m1/s1. The Hall–Kier alpha value is -1.93. The van der Waals surface area contributed by atoms with Crippen molar-refractivity contribution in [3.63, 3.8) is 0 Å². The van der Waals surface area contributed by atoms with Crippen molar-refractivity contribution in [2.45, 2.75) is 64.5 Å². The first kappa shape index (κ1) is 16.9. The topological polar surface area (TPSA) is 99.5 Å². The van der Waals surface area contributed by atoms with E-state index in [1.54, 1.807) is 4.90 Å². The smallest absolute Gasteiger partial charge is 0.248 e. The molecular formula is C16H25N5O3. The van der Waals surface area contributed by atoms with Gasteiger partial charge in [0.05, 0.1) is 11.8 Å². The number of nitrogens with zero attached hydrogens (tertiary/aromatic N) is 3. The predicted octanol–water partition coefficient (Wildman–Crippen LogP) is -0.850. The maximum Gasteiger partial charge on any atom is 0.248 e. The molecule has 0 aromatic carbocycles. The van der Waals surface area contributed by atoms with E-state index in [1.807, 2.05) is 24.7 Å². The Morgan fingerprint density at radius 2 is 2.25 bits per heavy atom. The molecule has 24 heavy (non-hydrogen) atoms. The van der Waals surface area contributed by atoms with E-state index >= 15 is 0 Å². The molecule has 8 heteroatoms. The maximum absolute atomic E-state index is 12.4. The van der Waals surface area contributed by atoms with Gasteiger partial charge in [0.15, 0.2) is 0 Å². The fraction of sp³-hybridized carbons (Fsp3) is 0.688. The quantitative estimate of drug-likeness (QED) is 0.651. The zero-order valence-corrected chi connectivity index (χ0v) is 14.3. The molecule has 0 saturated carbocycles. The molecule has 2 aliphatic heterocycles. The van der Waals surface area contributed by atoms with E-state index in [2.05, 4.69) is 15.7 Å². The van der Waals surface area contributed by atoms with E-state index in [1.165, 1.54) is 6.92 Å². The predicted molar refractivity (Wildman–Crippen MR) is 87.0 cm³/mol. The minimum Gasteiger partial charge on any atom is -0.391 e. The van der Waals surface area contributed by atoms with E-state index in [9.17, 15) is 14.7 Å². The third-order valence-corrected chi connectivity index (χ3v) is 4.89. The van der Waals surface area contributed by atoms with Gasteiger partial charge < -0.3 is 20.6 Å². The highest BCUT2D eigenvalue weighted by atomic mass is 16.3. The SMILES string of the molecule is CCn1cc(CN[C@H]2C[C@H]3C(=O)N[C@@H]([C@@H](C)O)C(=O)N3C2)c(C)n1. The Morgan fingerprint density at radius 3 is 2.88 bits per heavy atom. The Balaban J connectivity index is 1.63. The molecule has 0 aliphatic carbocycles. The molecule has 0 spiro atoms. The molecule has 8 nitrogen and oxygen atoms in total. The highest BCUT2D eigenvalue weighted by Gasteiger charge is 2.47. The van der Waals surface area contributed by atoms with Gasteiger partial charge >= 0.3 is 0 Å². The summed E-state index contributed by atoms with van der Waals surface area (Å²) < 4.78 is 1.90. The number of aryl methyl sites for hydroxylation is 2. The lowest BCUT2D eigenvalue weighted by atomic mass is 10.0. The summed E-state index contributed by atoms with van der Waals surface area (Å²) in [5.41, 5.74) is 2.11. The number of aliphatic hydroxyl groups is 1. The number of carbonyl (C=O) groups excluding carboxylic acids is 2. The Labute approximate surface area is 141 Å². The summed E-state index contributed by atoms with van der Waals surface area (Å²) in [6, 6.07) is -1.22. The third-order valence-electron chi connectivity index (χ3n) is 4.89. The van der Waals surface area contributed by atoms with Crippen molar-refractivity contribution < 1.29 is 14.7 Å². The second kappa shape index (κ2) is 6.52. The molecule has 0 unspecified atom stereocenters. The summed E-state index contributed by atoms with van der Waals surface area (Å²) >= 11 is 0. The molecule has 4 atom stereocenters. The second-order valence-corrected chi connectivity index (χ2v) is 6.64. The van der Waals surface area contributed by atoms with Crippen molar-refractivity contribution in [3.05, 3.63) is 17.5 Å². The van der Waals surface area contributed by atoms with Crippen molar-refractivity contribution in [2.75, 3.05) is 6.54 Å². The molecular weight excluding hydrogens is 310 g/mol. The number of fused-ring (bicyclic) bond motifs is 1. The van der Waals surface area contributed by atoms with E-state index in [0.29, 0.717) is 19.5 Å². The lowest BCUT2D eigenvalue weighted by molar-refractivity contribution is -0.149. The van der Waals surface area contributed by atoms with Crippen LogP contribution in [0, 0.1) is 6.92 Å². The zero-order valence-electron chi connectivity index (χ0n) is 14.3. The highest BCUT2D eigenvalue weighted by molar-refractivity contribution is 5.97. The van der Waals surface area contributed by atoms with Gasteiger partial charge in [-0.2, -0.15) is 5.10 Å². The second-order valence-electron chi connectivity index (χ2n) is 6.64. The molecule has 3 heterocycles. The molecule has 1 aromatic heterocycles. The van der Waals surface area contributed by atoms with Gasteiger partial charge in [0.25, 0.3) is 0 Å². The van der Waals surface area contributed by atoms with Gasteiger partial charge in [-0.15, -0.1) is 0 Å². The molecule has 2 saturated heterocycles. The van der Waals surface area contributed by atoms with Crippen LogP contribution in [-0.2, 0) is 22.7 Å². The van der Waals surface area contributed by atoms with Crippen LogP contribution < -0.4 is 10.6 Å². The molecule has 2 amide bonds. The van der Waals surface area contributed by atoms with Gasteiger partial charge in [0.1, 0.15) is 12.1 Å². The fourth-order valence-electron chi connectivity index (χ4n) is 3.44. The molecule has 1 aromatic rings. The number of nitrogens with one attached hydrogen (secondary N) is 2. The van der Waals surface area contributed by atoms with Gasteiger partial charge in [-0.1, -0.05) is 0 Å². The van der Waals surface area contributed by atoms with Crippen LogP contribution in [0.25, 0.3) is 0 Å². The average Bonchev–Trinajstić information content (AvgIpc) is 3.12. The summed E-state index contributed by atoms with van der Waals surface area (Å²) in [6.07, 6.45) is 1.72. The number of rotatable bonds is 5. The molecule has 2 aliphatic rings. The average molecular weight is 335 g/mol. The van der Waals surface area contributed by atoms with Gasteiger partial charge in [0, 0.05) is 37.4 Å². The van der Waals surface area contributed by atoms with Crippen LogP contribution in [-0.4, -0.2) is 62.4 Å². The van der Waals surface area contributed by atoms with Crippen molar-refractivity contribution in [3.8, 4) is 0 Å². The lowest BCUT2D eigenvalue weighted by Crippen LogP contribution is -2.64. The molecule has 3 N–H and O–H groups in total. The minimum atomic E-state index is -0.892. The van der Waals surface area contributed by atoms with E-state index in [-0.39, 0.29) is 17.9 Å². The van der Waals surface area contributed by atoms with E-state index < -0.39 is 18.2 Å². The Morgan fingerprint density at radius 1 is 1.50 bits per heavy atom. The first-order valence-electron chi connectivity index (χ1n) is 8.46. The van der Waals surface area contributed by atoms with Crippen LogP contribution in [0.3, 0.4) is 0 Å². The highest BCUT2D eigenvalue weighted by Crippen LogP contribution is 2.24. The first-order chi connectivity index (χ1) is 11.4. The van der Waals surface area contributed by atoms with E-state index in [4.69, 9.17) is 0 Å². The summed E-state index contributed by atoms with van der Waals surface area (Å²) in [5, 5.41) is 20.2. The van der Waals surface area contributed by atoms with E-state index in [0.717, 1.165) is 17.8 Å². The normalized spacial score (nSPS) is 28.0. The zero-order chi connectivity index (χ0) is 17.4. The van der Waals surface area contributed by atoms with Crippen LogP contribution in [0.4, 0.5) is 0 Å². The molecule has 0 radical (unpaired) electrons. The summed E-state index contributed by atoms with van der Waals surface area (Å²) in [5.74, 6) is -0.381. The number of piperazine rings is 1. The molecule has 3 rings (SSSR count). The Bertz CT molecular complexity index is 642. The Kier molecular flexibility index (Phi) is 4.60. The third kappa shape index (κ3) is 3.03. The van der Waals surface area contributed by atoms with Crippen molar-refractivity contribution in [1.82, 2.24) is 25.3 Å². The monoisotopic (exact) mass is 335 g/mol. The summed E-state index contributed by atoms with van der Waals surface area (Å²) in [6.45, 7) is 7.51. The fourth-order valence-corrected chi connectivity index (χ4v) is 3.44. The number of aliphatic hydroxyl groups excluding tert-OH is 1. The molecule has 0 bridgehead atoms. The van der Waals surface area contributed by atoms with Crippen LogP contribution in [0.15, 0.2) is 6.20 Å². The van der Waals surface area contributed by atoms with Crippen LogP contribution >= 0.6 is 0 Å². The first-order valence-corrected chi connectivity index (χ1v) is 8.46. The van der Waals surface area contributed by atoms with Crippen molar-refractivity contribution in [1.29, 1.82) is 0 Å². The summed E-state index contributed by atoms with van der Waals surface area (Å²) in [4.78, 5) is 26.2. The maximum atomic E-state index is 12.4. The van der Waals surface area contributed by atoms with Gasteiger partial charge in [-0.25, -0.2) is 0 Å². The number of amides is 2. The van der Waals surface area contributed by atoms with Crippen LogP contribution in [0.1, 0.15) is 31.5 Å². The minimum absolute atomic E-state index is 0.0572. The molecule has 2 fully saturated rings. The number of aromatic nitrogens is 2. The van der Waals surface area contributed by atoms with Gasteiger partial charge in [-0.3, -0.25) is 14.3 Å². The largest absolute Gasteiger partial charge is 0.391 e.